The highest BCUT2D eigenvalue weighted by Crippen LogP contribution is 2.23. The summed E-state index contributed by atoms with van der Waals surface area (Å²) in [4.78, 5) is 19.1. The predicted molar refractivity (Wildman–Crippen MR) is 105 cm³/mol. The molecular weight excluding hydrogens is 419 g/mol. The zero-order valence-corrected chi connectivity index (χ0v) is 15.8. The second kappa shape index (κ2) is 7.49. The van der Waals surface area contributed by atoms with Crippen LogP contribution >= 0.6 is 34.4 Å². The van der Waals surface area contributed by atoms with E-state index in [2.05, 4.69) is 58.8 Å². The molecule has 118 valence electrons. The van der Waals surface area contributed by atoms with Gasteiger partial charge in [0.05, 0.1) is 12.1 Å². The minimum Gasteiger partial charge on any atom is -0.286 e. The standard InChI is InChI=1S/C18H17IN2OS/c1-13-5-4-6-14(11-13)12-23-18-20-9-10-21(18)17(22)15-7-2-3-8-16(15)19/h2-8,11H,9-10,12H2,1H3. The molecule has 1 aliphatic heterocycles. The van der Waals surface area contributed by atoms with Gasteiger partial charge in [-0.05, 0) is 47.2 Å². The van der Waals surface area contributed by atoms with Crippen molar-refractivity contribution in [2.75, 3.05) is 13.1 Å². The molecule has 2 aromatic carbocycles. The molecule has 23 heavy (non-hydrogen) atoms. The summed E-state index contributed by atoms with van der Waals surface area (Å²) in [6.45, 7) is 3.44. The van der Waals surface area contributed by atoms with Gasteiger partial charge in [-0.2, -0.15) is 0 Å². The Morgan fingerprint density at radius 2 is 2.09 bits per heavy atom. The fourth-order valence-electron chi connectivity index (χ4n) is 2.47. The zero-order chi connectivity index (χ0) is 16.2. The number of carbonyl (C=O) groups is 1. The van der Waals surface area contributed by atoms with Crippen LogP contribution in [-0.4, -0.2) is 29.1 Å². The van der Waals surface area contributed by atoms with Gasteiger partial charge in [0.1, 0.15) is 0 Å². The Labute approximate surface area is 154 Å². The van der Waals surface area contributed by atoms with Crippen LogP contribution in [-0.2, 0) is 5.75 Å². The number of carbonyl (C=O) groups excluding carboxylic acids is 1. The fourth-order valence-corrected chi connectivity index (χ4v) is 4.07. The summed E-state index contributed by atoms with van der Waals surface area (Å²) in [5.74, 6) is 0.874. The average molecular weight is 436 g/mol. The van der Waals surface area contributed by atoms with Crippen molar-refractivity contribution < 1.29 is 4.79 Å². The number of amides is 1. The minimum atomic E-state index is 0.0444. The molecule has 5 heteroatoms. The quantitative estimate of drug-likeness (QED) is 0.671. The van der Waals surface area contributed by atoms with E-state index >= 15 is 0 Å². The van der Waals surface area contributed by atoms with Crippen LogP contribution in [0.3, 0.4) is 0 Å². The third-order valence-electron chi connectivity index (χ3n) is 3.60. The van der Waals surface area contributed by atoms with Crippen LogP contribution in [0, 0.1) is 10.5 Å². The normalized spacial score (nSPS) is 14.0. The molecule has 1 aliphatic rings. The van der Waals surface area contributed by atoms with Crippen LogP contribution in [0.4, 0.5) is 0 Å². The van der Waals surface area contributed by atoms with Crippen LogP contribution in [0.5, 0.6) is 0 Å². The first-order chi connectivity index (χ1) is 11.1. The molecule has 1 amide bonds. The fraction of sp³-hybridized carbons (Fsp3) is 0.222. The lowest BCUT2D eigenvalue weighted by atomic mass is 10.2. The second-order valence-electron chi connectivity index (χ2n) is 5.38. The molecule has 1 heterocycles. The van der Waals surface area contributed by atoms with E-state index in [1.807, 2.05) is 24.3 Å². The number of nitrogens with zero attached hydrogens (tertiary/aromatic N) is 2. The largest absolute Gasteiger partial charge is 0.286 e. The van der Waals surface area contributed by atoms with E-state index in [1.165, 1.54) is 11.1 Å². The molecule has 0 fully saturated rings. The Morgan fingerprint density at radius 1 is 1.26 bits per heavy atom. The molecular formula is C18H17IN2OS. The van der Waals surface area contributed by atoms with Crippen LogP contribution < -0.4 is 0 Å². The molecule has 0 saturated heterocycles. The number of benzene rings is 2. The highest BCUT2D eigenvalue weighted by Gasteiger charge is 2.26. The monoisotopic (exact) mass is 436 g/mol. The maximum absolute atomic E-state index is 12.8. The van der Waals surface area contributed by atoms with Gasteiger partial charge in [-0.1, -0.05) is 53.7 Å². The minimum absolute atomic E-state index is 0.0444. The van der Waals surface area contributed by atoms with Crippen molar-refractivity contribution in [2.45, 2.75) is 12.7 Å². The molecule has 3 rings (SSSR count). The van der Waals surface area contributed by atoms with E-state index in [4.69, 9.17) is 0 Å². The maximum Gasteiger partial charge on any atom is 0.260 e. The molecule has 0 radical (unpaired) electrons. The molecule has 0 bridgehead atoms. The van der Waals surface area contributed by atoms with E-state index in [9.17, 15) is 4.79 Å². The zero-order valence-electron chi connectivity index (χ0n) is 12.8. The van der Waals surface area contributed by atoms with Crippen molar-refractivity contribution in [1.82, 2.24) is 4.90 Å². The highest BCUT2D eigenvalue weighted by molar-refractivity contribution is 14.1. The predicted octanol–water partition coefficient (Wildman–Crippen LogP) is 4.34. The van der Waals surface area contributed by atoms with Crippen molar-refractivity contribution in [3.8, 4) is 0 Å². The van der Waals surface area contributed by atoms with Crippen molar-refractivity contribution in [3.63, 3.8) is 0 Å². The maximum atomic E-state index is 12.8. The van der Waals surface area contributed by atoms with Crippen LogP contribution in [0.1, 0.15) is 21.5 Å². The summed E-state index contributed by atoms with van der Waals surface area (Å²) < 4.78 is 0.977. The van der Waals surface area contributed by atoms with Gasteiger partial charge in [0, 0.05) is 15.9 Å². The number of hydrogen-bond acceptors (Lipinski definition) is 3. The Kier molecular flexibility index (Phi) is 5.38. The lowest BCUT2D eigenvalue weighted by Gasteiger charge is -2.18. The van der Waals surface area contributed by atoms with Crippen molar-refractivity contribution in [2.24, 2.45) is 4.99 Å². The van der Waals surface area contributed by atoms with E-state index in [0.29, 0.717) is 13.1 Å². The van der Waals surface area contributed by atoms with Crippen molar-refractivity contribution in [3.05, 3.63) is 68.8 Å². The van der Waals surface area contributed by atoms with Crippen molar-refractivity contribution in [1.29, 1.82) is 0 Å². The van der Waals surface area contributed by atoms with Gasteiger partial charge in [-0.3, -0.25) is 14.7 Å². The van der Waals surface area contributed by atoms with Crippen LogP contribution in [0.15, 0.2) is 53.5 Å². The van der Waals surface area contributed by atoms with Crippen LogP contribution in [0.25, 0.3) is 0 Å². The lowest BCUT2D eigenvalue weighted by Crippen LogP contribution is -2.33. The van der Waals surface area contributed by atoms with Gasteiger partial charge in [-0.15, -0.1) is 0 Å². The number of thioether (sulfide) groups is 1. The summed E-state index contributed by atoms with van der Waals surface area (Å²) in [7, 11) is 0. The van der Waals surface area contributed by atoms with Crippen molar-refractivity contribution >= 4 is 45.4 Å². The lowest BCUT2D eigenvalue weighted by molar-refractivity contribution is 0.0859. The molecule has 0 saturated carbocycles. The SMILES string of the molecule is Cc1cccc(CSC2=NCCN2C(=O)c2ccccc2I)c1. The summed E-state index contributed by atoms with van der Waals surface area (Å²) >= 11 is 3.84. The first-order valence-electron chi connectivity index (χ1n) is 7.44. The Balaban J connectivity index is 1.70. The van der Waals surface area contributed by atoms with E-state index < -0.39 is 0 Å². The molecule has 3 nitrogen and oxygen atoms in total. The Hall–Kier alpha value is -1.34. The van der Waals surface area contributed by atoms with Gasteiger partial charge in [-0.25, -0.2) is 0 Å². The third kappa shape index (κ3) is 3.95. The molecule has 0 spiro atoms. The Bertz CT molecular complexity index is 760. The number of rotatable bonds is 3. The van der Waals surface area contributed by atoms with Gasteiger partial charge in [0.15, 0.2) is 5.17 Å². The number of amidine groups is 1. The topological polar surface area (TPSA) is 32.7 Å². The molecule has 0 atom stereocenters. The summed E-state index contributed by atoms with van der Waals surface area (Å²) in [6, 6.07) is 16.1. The second-order valence-corrected chi connectivity index (χ2v) is 7.48. The first-order valence-corrected chi connectivity index (χ1v) is 9.51. The molecule has 0 aromatic heterocycles. The third-order valence-corrected chi connectivity index (χ3v) is 5.63. The smallest absolute Gasteiger partial charge is 0.260 e. The van der Waals surface area contributed by atoms with E-state index in [0.717, 1.165) is 20.1 Å². The molecule has 2 aromatic rings. The highest BCUT2D eigenvalue weighted by atomic mass is 127. The number of halogens is 1. The van der Waals surface area contributed by atoms with E-state index in [1.54, 1.807) is 16.7 Å². The number of aryl methyl sites for hydroxylation is 1. The number of hydrogen-bond donors (Lipinski definition) is 0. The van der Waals surface area contributed by atoms with Gasteiger partial charge < -0.3 is 0 Å². The molecule has 0 unspecified atom stereocenters. The molecule has 0 aliphatic carbocycles. The summed E-state index contributed by atoms with van der Waals surface area (Å²) in [5.41, 5.74) is 3.26. The summed E-state index contributed by atoms with van der Waals surface area (Å²) in [5, 5.41) is 0.830. The molecule has 0 N–H and O–H groups in total. The van der Waals surface area contributed by atoms with Gasteiger partial charge >= 0.3 is 0 Å². The van der Waals surface area contributed by atoms with Gasteiger partial charge in [0.25, 0.3) is 5.91 Å². The van der Waals surface area contributed by atoms with E-state index in [-0.39, 0.29) is 5.91 Å². The Morgan fingerprint density at radius 3 is 2.87 bits per heavy atom. The summed E-state index contributed by atoms with van der Waals surface area (Å²) in [6.07, 6.45) is 0. The van der Waals surface area contributed by atoms with Gasteiger partial charge in [0.2, 0.25) is 0 Å². The number of aliphatic imine (C=N–C) groups is 1. The average Bonchev–Trinajstić information content (AvgIpc) is 3.01. The first kappa shape index (κ1) is 16.5. The van der Waals surface area contributed by atoms with Crippen LogP contribution in [0.2, 0.25) is 0 Å².